The smallest absolute Gasteiger partial charge is 0.276 e. The molecule has 0 aromatic heterocycles. The fraction of sp³-hybridized carbons (Fsp3) is 0.263. The van der Waals surface area contributed by atoms with Crippen molar-refractivity contribution in [2.45, 2.75) is 31.6 Å². The van der Waals surface area contributed by atoms with E-state index in [4.69, 9.17) is 4.74 Å². The molecule has 144 valence electrons. The maximum Gasteiger partial charge on any atom is 0.276 e. The van der Waals surface area contributed by atoms with Gasteiger partial charge in [0.2, 0.25) is 5.91 Å². The highest BCUT2D eigenvalue weighted by atomic mass is 32.2. The molecular formula is C19H23N3O4S. The van der Waals surface area contributed by atoms with Gasteiger partial charge in [0.15, 0.2) is 0 Å². The largest absolute Gasteiger partial charge is 0.494 e. The predicted molar refractivity (Wildman–Crippen MR) is 106 cm³/mol. The highest BCUT2D eigenvalue weighted by Crippen LogP contribution is 2.14. The van der Waals surface area contributed by atoms with Crippen molar-refractivity contribution >= 4 is 27.8 Å². The number of anilines is 1. The molecule has 0 radical (unpaired) electrons. The Hall–Kier alpha value is -2.87. The number of hydrogen-bond acceptors (Lipinski definition) is 5. The summed E-state index contributed by atoms with van der Waals surface area (Å²) >= 11 is 0. The standard InChI is InChI=1S/C19H23N3O4S/c1-3-4-13-26-18-9-5-16(6-10-18)14-20-22-27(24,25)19-11-7-17(8-12-19)21-15(2)23/h5-12,14,22H,3-4,13H2,1-2H3,(H,21,23)/b20-14-. The Balaban J connectivity index is 1.94. The molecule has 0 aliphatic heterocycles. The lowest BCUT2D eigenvalue weighted by atomic mass is 10.2. The van der Waals surface area contributed by atoms with E-state index < -0.39 is 10.0 Å². The Kier molecular flexibility index (Phi) is 7.36. The average Bonchev–Trinajstić information content (AvgIpc) is 2.63. The second kappa shape index (κ2) is 9.72. The van der Waals surface area contributed by atoms with Crippen LogP contribution in [0.5, 0.6) is 5.75 Å². The topological polar surface area (TPSA) is 96.9 Å². The molecule has 0 fully saturated rings. The molecule has 0 aliphatic carbocycles. The van der Waals surface area contributed by atoms with Gasteiger partial charge in [-0.05, 0) is 60.5 Å². The number of nitrogens with zero attached hydrogens (tertiary/aromatic N) is 1. The van der Waals surface area contributed by atoms with Crippen LogP contribution >= 0.6 is 0 Å². The van der Waals surface area contributed by atoms with Crippen molar-refractivity contribution in [1.82, 2.24) is 4.83 Å². The van der Waals surface area contributed by atoms with E-state index in [9.17, 15) is 13.2 Å². The first kappa shape index (κ1) is 20.4. The Labute approximate surface area is 159 Å². The van der Waals surface area contributed by atoms with E-state index in [1.165, 1.54) is 37.4 Å². The molecule has 27 heavy (non-hydrogen) atoms. The number of amides is 1. The molecule has 0 bridgehead atoms. The van der Waals surface area contributed by atoms with Crippen molar-refractivity contribution in [2.75, 3.05) is 11.9 Å². The van der Waals surface area contributed by atoms with Gasteiger partial charge < -0.3 is 10.1 Å². The van der Waals surface area contributed by atoms with Crippen LogP contribution in [-0.4, -0.2) is 27.1 Å². The van der Waals surface area contributed by atoms with Gasteiger partial charge in [-0.15, -0.1) is 0 Å². The van der Waals surface area contributed by atoms with E-state index in [0.29, 0.717) is 12.3 Å². The number of benzene rings is 2. The third kappa shape index (κ3) is 6.74. The number of hydrogen-bond donors (Lipinski definition) is 2. The summed E-state index contributed by atoms with van der Waals surface area (Å²) in [5.74, 6) is 0.538. The molecule has 0 spiro atoms. The Morgan fingerprint density at radius 2 is 1.78 bits per heavy atom. The molecule has 0 atom stereocenters. The summed E-state index contributed by atoms with van der Waals surface area (Å²) in [5, 5.41) is 6.37. The molecule has 8 heteroatoms. The van der Waals surface area contributed by atoms with Crippen molar-refractivity contribution in [1.29, 1.82) is 0 Å². The lowest BCUT2D eigenvalue weighted by Crippen LogP contribution is -2.18. The molecule has 2 aromatic rings. The van der Waals surface area contributed by atoms with Crippen LogP contribution in [0.1, 0.15) is 32.3 Å². The Bertz CT molecular complexity index is 876. The molecule has 2 rings (SSSR count). The van der Waals surface area contributed by atoms with E-state index in [1.54, 1.807) is 12.1 Å². The highest BCUT2D eigenvalue weighted by molar-refractivity contribution is 7.89. The molecule has 0 aliphatic rings. The summed E-state index contributed by atoms with van der Waals surface area (Å²) in [6.45, 7) is 4.15. The van der Waals surface area contributed by atoms with Crippen LogP contribution in [0.25, 0.3) is 0 Å². The number of carbonyl (C=O) groups is 1. The summed E-state index contributed by atoms with van der Waals surface area (Å²) in [6.07, 6.45) is 3.48. The Morgan fingerprint density at radius 3 is 2.37 bits per heavy atom. The van der Waals surface area contributed by atoms with E-state index >= 15 is 0 Å². The van der Waals surface area contributed by atoms with E-state index in [-0.39, 0.29) is 10.8 Å². The minimum Gasteiger partial charge on any atom is -0.494 e. The predicted octanol–water partition coefficient (Wildman–Crippen LogP) is 3.14. The summed E-state index contributed by atoms with van der Waals surface area (Å²) in [5.41, 5.74) is 1.26. The van der Waals surface area contributed by atoms with Crippen molar-refractivity contribution in [3.63, 3.8) is 0 Å². The fourth-order valence-corrected chi connectivity index (χ4v) is 2.92. The third-order valence-corrected chi connectivity index (χ3v) is 4.76. The number of rotatable bonds is 9. The third-order valence-electron chi connectivity index (χ3n) is 3.52. The van der Waals surface area contributed by atoms with Crippen LogP contribution in [0.4, 0.5) is 5.69 Å². The first-order valence-corrected chi connectivity index (χ1v) is 10.0. The van der Waals surface area contributed by atoms with Gasteiger partial charge in [-0.2, -0.15) is 13.5 Å². The van der Waals surface area contributed by atoms with Crippen LogP contribution in [0.15, 0.2) is 58.5 Å². The van der Waals surface area contributed by atoms with Crippen molar-refractivity contribution in [3.8, 4) is 5.75 Å². The number of carbonyl (C=O) groups excluding carboxylic acids is 1. The van der Waals surface area contributed by atoms with Crippen LogP contribution in [0.2, 0.25) is 0 Å². The molecule has 0 saturated carbocycles. The first-order valence-electron chi connectivity index (χ1n) is 8.56. The number of nitrogens with one attached hydrogen (secondary N) is 2. The summed E-state index contributed by atoms with van der Waals surface area (Å²) in [6, 6.07) is 13.0. The van der Waals surface area contributed by atoms with Crippen molar-refractivity contribution in [3.05, 3.63) is 54.1 Å². The minimum atomic E-state index is -3.78. The number of ether oxygens (including phenoxy) is 1. The molecule has 0 heterocycles. The van der Waals surface area contributed by atoms with Gasteiger partial charge >= 0.3 is 0 Å². The van der Waals surface area contributed by atoms with Gasteiger partial charge in [-0.25, -0.2) is 4.83 Å². The van der Waals surface area contributed by atoms with E-state index in [0.717, 1.165) is 24.2 Å². The van der Waals surface area contributed by atoms with Crippen LogP contribution < -0.4 is 14.9 Å². The zero-order valence-corrected chi connectivity index (χ0v) is 16.1. The highest BCUT2D eigenvalue weighted by Gasteiger charge is 2.12. The fourth-order valence-electron chi connectivity index (χ4n) is 2.13. The van der Waals surface area contributed by atoms with Gasteiger partial charge in [-0.1, -0.05) is 13.3 Å². The van der Waals surface area contributed by atoms with E-state index in [2.05, 4.69) is 22.2 Å². The maximum absolute atomic E-state index is 12.2. The number of sulfonamides is 1. The van der Waals surface area contributed by atoms with Gasteiger partial charge in [-0.3, -0.25) is 4.79 Å². The SMILES string of the molecule is CCCCOc1ccc(/C=N\NS(=O)(=O)c2ccc(NC(C)=O)cc2)cc1. The lowest BCUT2D eigenvalue weighted by molar-refractivity contribution is -0.114. The second-order valence-corrected chi connectivity index (χ2v) is 7.49. The van der Waals surface area contributed by atoms with Gasteiger partial charge in [0, 0.05) is 12.6 Å². The monoisotopic (exact) mass is 389 g/mol. The molecule has 0 unspecified atom stereocenters. The normalized spacial score (nSPS) is 11.3. The van der Waals surface area contributed by atoms with Crippen molar-refractivity contribution in [2.24, 2.45) is 5.10 Å². The molecule has 2 aromatic carbocycles. The summed E-state index contributed by atoms with van der Waals surface area (Å²) < 4.78 is 30.0. The molecular weight excluding hydrogens is 366 g/mol. The van der Waals surface area contributed by atoms with Crippen LogP contribution in [-0.2, 0) is 14.8 Å². The minimum absolute atomic E-state index is 0.0495. The first-order chi connectivity index (χ1) is 12.9. The van der Waals surface area contributed by atoms with Gasteiger partial charge in [0.25, 0.3) is 10.0 Å². The Morgan fingerprint density at radius 1 is 1.11 bits per heavy atom. The molecule has 0 saturated heterocycles. The zero-order chi connectivity index (χ0) is 19.7. The van der Waals surface area contributed by atoms with Crippen LogP contribution in [0, 0.1) is 0 Å². The zero-order valence-electron chi connectivity index (χ0n) is 15.3. The van der Waals surface area contributed by atoms with Crippen molar-refractivity contribution < 1.29 is 17.9 Å². The molecule has 2 N–H and O–H groups in total. The molecule has 7 nitrogen and oxygen atoms in total. The summed E-state index contributed by atoms with van der Waals surface area (Å²) in [7, 11) is -3.78. The summed E-state index contributed by atoms with van der Waals surface area (Å²) in [4.78, 5) is 13.2. The van der Waals surface area contributed by atoms with Gasteiger partial charge in [0.05, 0.1) is 17.7 Å². The molecule has 1 amide bonds. The quantitative estimate of drug-likeness (QED) is 0.391. The van der Waals surface area contributed by atoms with Crippen LogP contribution in [0.3, 0.4) is 0 Å². The maximum atomic E-state index is 12.2. The average molecular weight is 389 g/mol. The number of hydrazone groups is 1. The second-order valence-electron chi connectivity index (χ2n) is 5.83. The van der Waals surface area contributed by atoms with E-state index in [1.807, 2.05) is 12.1 Å². The number of unbranched alkanes of at least 4 members (excludes halogenated alkanes) is 1. The lowest BCUT2D eigenvalue weighted by Gasteiger charge is -2.06. The van der Waals surface area contributed by atoms with Gasteiger partial charge in [0.1, 0.15) is 5.75 Å².